The van der Waals surface area contributed by atoms with Gasteiger partial charge in [0.05, 0.1) is 20.8 Å². The van der Waals surface area contributed by atoms with Crippen molar-refractivity contribution in [2.45, 2.75) is 13.0 Å². The normalized spacial score (nSPS) is 10.2. The van der Waals surface area contributed by atoms with Gasteiger partial charge in [-0.05, 0) is 6.42 Å². The first-order valence-corrected chi connectivity index (χ1v) is 5.11. The van der Waals surface area contributed by atoms with Crippen LogP contribution in [0.5, 0.6) is 11.5 Å². The Morgan fingerprint density at radius 3 is 2.06 bits per heavy atom. The summed E-state index contributed by atoms with van der Waals surface area (Å²) in [6.45, 7) is 0.558. The van der Waals surface area contributed by atoms with Crippen molar-refractivity contribution in [1.82, 2.24) is 0 Å². The molecule has 0 aromatic heterocycles. The van der Waals surface area contributed by atoms with Crippen LogP contribution in [0.1, 0.15) is 11.1 Å². The molecule has 1 aromatic rings. The Balaban J connectivity index is 3.16. The summed E-state index contributed by atoms with van der Waals surface area (Å²) in [5, 5.41) is 8.95. The minimum atomic E-state index is 0.0864. The number of aliphatic hydroxyl groups is 1. The Hall–Kier alpha value is -1.26. The monoisotopic (exact) mass is 226 g/mol. The summed E-state index contributed by atoms with van der Waals surface area (Å²) >= 11 is 0. The molecule has 0 spiro atoms. The molecule has 0 aliphatic carbocycles. The van der Waals surface area contributed by atoms with Crippen LogP contribution in [0, 0.1) is 0 Å². The highest BCUT2D eigenvalue weighted by molar-refractivity contribution is 5.52. The van der Waals surface area contributed by atoms with Gasteiger partial charge in [0.1, 0.15) is 0 Å². The van der Waals surface area contributed by atoms with Crippen LogP contribution < -0.4 is 9.47 Å². The van der Waals surface area contributed by atoms with Gasteiger partial charge in [0.15, 0.2) is 11.5 Å². The molecule has 4 heteroatoms. The number of aliphatic hydroxyl groups excluding tert-OH is 1. The van der Waals surface area contributed by atoms with Gasteiger partial charge in [-0.3, -0.25) is 0 Å². The average Bonchev–Trinajstić information content (AvgIpc) is 2.31. The van der Waals surface area contributed by atoms with Crippen molar-refractivity contribution < 1.29 is 19.3 Å². The van der Waals surface area contributed by atoms with Crippen LogP contribution in [0.15, 0.2) is 12.1 Å². The molecule has 1 N–H and O–H groups in total. The van der Waals surface area contributed by atoms with E-state index in [4.69, 9.17) is 19.3 Å². The lowest BCUT2D eigenvalue weighted by Crippen LogP contribution is -2.02. The topological polar surface area (TPSA) is 47.9 Å². The van der Waals surface area contributed by atoms with Crippen LogP contribution in [0.3, 0.4) is 0 Å². The molecular formula is C12H18O4. The molecule has 0 amide bonds. The second kappa shape index (κ2) is 6.35. The predicted octanol–water partition coefficient (Wildman–Crippen LogP) is 1.39. The van der Waals surface area contributed by atoms with E-state index in [1.807, 2.05) is 12.1 Å². The smallest absolute Gasteiger partial charge is 0.166 e. The molecule has 0 atom stereocenters. The quantitative estimate of drug-likeness (QED) is 0.796. The van der Waals surface area contributed by atoms with Crippen molar-refractivity contribution in [2.24, 2.45) is 0 Å². The molecule has 0 fully saturated rings. The van der Waals surface area contributed by atoms with Gasteiger partial charge >= 0.3 is 0 Å². The van der Waals surface area contributed by atoms with Crippen molar-refractivity contribution in [3.63, 3.8) is 0 Å². The molecule has 90 valence electrons. The third kappa shape index (κ3) is 2.65. The molecule has 1 aromatic carbocycles. The van der Waals surface area contributed by atoms with E-state index < -0.39 is 0 Å². The van der Waals surface area contributed by atoms with E-state index in [1.54, 1.807) is 21.3 Å². The molecule has 1 rings (SSSR count). The van der Waals surface area contributed by atoms with E-state index >= 15 is 0 Å². The summed E-state index contributed by atoms with van der Waals surface area (Å²) in [6, 6.07) is 3.85. The van der Waals surface area contributed by atoms with Crippen LogP contribution in [-0.2, 0) is 17.8 Å². The molecule has 0 heterocycles. The zero-order chi connectivity index (χ0) is 12.0. The summed E-state index contributed by atoms with van der Waals surface area (Å²) in [6.07, 6.45) is 0.548. The van der Waals surface area contributed by atoms with E-state index in [2.05, 4.69) is 0 Å². The molecule has 0 saturated heterocycles. The Labute approximate surface area is 95.8 Å². The first-order chi connectivity index (χ1) is 7.78. The number of hydrogen-bond donors (Lipinski definition) is 1. The Bertz CT molecular complexity index is 303. The highest BCUT2D eigenvalue weighted by Crippen LogP contribution is 2.35. The fourth-order valence-corrected chi connectivity index (χ4v) is 1.68. The maximum atomic E-state index is 8.95. The van der Waals surface area contributed by atoms with Gasteiger partial charge in [0.25, 0.3) is 0 Å². The first-order valence-electron chi connectivity index (χ1n) is 5.11. The Morgan fingerprint density at radius 2 is 1.56 bits per heavy atom. The van der Waals surface area contributed by atoms with Crippen molar-refractivity contribution in [3.05, 3.63) is 23.3 Å². The maximum absolute atomic E-state index is 8.95. The van der Waals surface area contributed by atoms with Gasteiger partial charge in [-0.2, -0.15) is 0 Å². The van der Waals surface area contributed by atoms with Crippen LogP contribution in [-0.4, -0.2) is 33.0 Å². The van der Waals surface area contributed by atoms with E-state index in [1.165, 1.54) is 0 Å². The lowest BCUT2D eigenvalue weighted by Gasteiger charge is -2.15. The fraction of sp³-hybridized carbons (Fsp3) is 0.500. The third-order valence-electron chi connectivity index (χ3n) is 2.36. The summed E-state index contributed by atoms with van der Waals surface area (Å²) in [5.41, 5.74) is 1.87. The number of ether oxygens (including phenoxy) is 3. The molecule has 0 aliphatic rings. The van der Waals surface area contributed by atoms with E-state index in [-0.39, 0.29) is 6.61 Å². The van der Waals surface area contributed by atoms with Crippen molar-refractivity contribution in [2.75, 3.05) is 27.9 Å². The molecule has 0 unspecified atom stereocenters. The molecular weight excluding hydrogens is 208 g/mol. The summed E-state index contributed by atoms with van der Waals surface area (Å²) in [7, 11) is 4.82. The Kier molecular flexibility index (Phi) is 5.08. The fourth-order valence-electron chi connectivity index (χ4n) is 1.68. The Morgan fingerprint density at radius 1 is 1.00 bits per heavy atom. The van der Waals surface area contributed by atoms with Gasteiger partial charge in [0, 0.05) is 24.8 Å². The second-order valence-electron chi connectivity index (χ2n) is 3.36. The van der Waals surface area contributed by atoms with Gasteiger partial charge in [-0.25, -0.2) is 0 Å². The van der Waals surface area contributed by atoms with Crippen LogP contribution >= 0.6 is 0 Å². The van der Waals surface area contributed by atoms with Crippen LogP contribution in [0.2, 0.25) is 0 Å². The van der Waals surface area contributed by atoms with Gasteiger partial charge in [-0.15, -0.1) is 0 Å². The standard InChI is InChI=1S/C12H18O4/c1-14-8-10-5-4-9(6-7-13)11(15-2)12(10)16-3/h4-5,13H,6-8H2,1-3H3. The van der Waals surface area contributed by atoms with Gasteiger partial charge in [0.2, 0.25) is 0 Å². The highest BCUT2D eigenvalue weighted by atomic mass is 16.5. The van der Waals surface area contributed by atoms with Crippen molar-refractivity contribution in [3.8, 4) is 11.5 Å². The summed E-state index contributed by atoms with van der Waals surface area (Å²) in [5.74, 6) is 1.35. The van der Waals surface area contributed by atoms with Gasteiger partial charge < -0.3 is 19.3 Å². The number of benzene rings is 1. The van der Waals surface area contributed by atoms with Crippen molar-refractivity contribution >= 4 is 0 Å². The number of methoxy groups -OCH3 is 3. The predicted molar refractivity (Wildman–Crippen MR) is 61.0 cm³/mol. The SMILES string of the molecule is COCc1ccc(CCO)c(OC)c1OC. The zero-order valence-electron chi connectivity index (χ0n) is 9.95. The summed E-state index contributed by atoms with van der Waals surface area (Å²) < 4.78 is 15.7. The van der Waals surface area contributed by atoms with Gasteiger partial charge in [-0.1, -0.05) is 12.1 Å². The van der Waals surface area contributed by atoms with E-state index in [9.17, 15) is 0 Å². The molecule has 4 nitrogen and oxygen atoms in total. The molecule has 16 heavy (non-hydrogen) atoms. The average molecular weight is 226 g/mol. The lowest BCUT2D eigenvalue weighted by atomic mass is 10.1. The van der Waals surface area contributed by atoms with E-state index in [0.717, 1.165) is 11.1 Å². The second-order valence-corrected chi connectivity index (χ2v) is 3.36. The minimum Gasteiger partial charge on any atom is -0.493 e. The first kappa shape index (κ1) is 12.8. The number of rotatable bonds is 6. The molecule has 0 bridgehead atoms. The van der Waals surface area contributed by atoms with Crippen LogP contribution in [0.25, 0.3) is 0 Å². The number of hydrogen-bond acceptors (Lipinski definition) is 4. The molecule has 0 saturated carbocycles. The maximum Gasteiger partial charge on any atom is 0.166 e. The minimum absolute atomic E-state index is 0.0864. The zero-order valence-corrected chi connectivity index (χ0v) is 9.95. The third-order valence-corrected chi connectivity index (χ3v) is 2.36. The van der Waals surface area contributed by atoms with Crippen LogP contribution in [0.4, 0.5) is 0 Å². The summed E-state index contributed by atoms with van der Waals surface area (Å²) in [4.78, 5) is 0. The van der Waals surface area contributed by atoms with E-state index in [0.29, 0.717) is 24.5 Å². The molecule has 0 aliphatic heterocycles. The van der Waals surface area contributed by atoms with Crippen molar-refractivity contribution in [1.29, 1.82) is 0 Å². The highest BCUT2D eigenvalue weighted by Gasteiger charge is 2.14. The largest absolute Gasteiger partial charge is 0.493 e. The lowest BCUT2D eigenvalue weighted by molar-refractivity contribution is 0.180. The molecule has 0 radical (unpaired) electrons.